The summed E-state index contributed by atoms with van der Waals surface area (Å²) < 4.78 is 7.44. The number of aryl methyl sites for hydroxylation is 1. The van der Waals surface area contributed by atoms with Crippen molar-refractivity contribution in [2.24, 2.45) is 0 Å². The number of hydrogen-bond donors (Lipinski definition) is 2. The number of halogens is 2. The lowest BCUT2D eigenvalue weighted by molar-refractivity contribution is 0.0950. The standard InChI is InChI=1S/C24H18Cl2N6O2S2/c1-2-20-29-30-24-32(20)31-22(36-24)14-5-3-13(4-6-14)12-27-23(35)28-21(33)19-10-9-18(34-19)16-8-7-15(25)11-17(16)26/h3-11H,2,12H2,1H3,(H2,27,28,33,35). The molecular formula is C24H18Cl2N6O2S2. The summed E-state index contributed by atoms with van der Waals surface area (Å²) in [5, 5.41) is 20.6. The topological polar surface area (TPSA) is 97.3 Å². The van der Waals surface area contributed by atoms with Crippen molar-refractivity contribution in [3.8, 4) is 21.9 Å². The van der Waals surface area contributed by atoms with Crippen LogP contribution in [0.25, 0.3) is 26.9 Å². The molecule has 5 aromatic rings. The van der Waals surface area contributed by atoms with Crippen LogP contribution in [0.5, 0.6) is 0 Å². The lowest BCUT2D eigenvalue weighted by Crippen LogP contribution is -2.38. The highest BCUT2D eigenvalue weighted by Crippen LogP contribution is 2.31. The van der Waals surface area contributed by atoms with E-state index in [2.05, 4.69) is 25.9 Å². The first-order chi connectivity index (χ1) is 17.4. The van der Waals surface area contributed by atoms with Crippen LogP contribution in [0.15, 0.2) is 59.0 Å². The van der Waals surface area contributed by atoms with E-state index in [-0.39, 0.29) is 10.9 Å². The number of nitrogens with one attached hydrogen (secondary N) is 2. The summed E-state index contributed by atoms with van der Waals surface area (Å²) in [5.41, 5.74) is 2.62. The smallest absolute Gasteiger partial charge is 0.293 e. The highest BCUT2D eigenvalue weighted by atomic mass is 35.5. The summed E-state index contributed by atoms with van der Waals surface area (Å²) in [6, 6.07) is 16.2. The van der Waals surface area contributed by atoms with Gasteiger partial charge in [0.25, 0.3) is 5.91 Å². The number of hydrogen-bond acceptors (Lipinski definition) is 7. The summed E-state index contributed by atoms with van der Waals surface area (Å²) in [5.74, 6) is 0.939. The zero-order valence-corrected chi connectivity index (χ0v) is 21.9. The molecule has 2 aromatic carbocycles. The van der Waals surface area contributed by atoms with E-state index < -0.39 is 5.91 Å². The monoisotopic (exact) mass is 556 g/mol. The molecule has 5 rings (SSSR count). The van der Waals surface area contributed by atoms with Crippen molar-refractivity contribution in [2.75, 3.05) is 0 Å². The van der Waals surface area contributed by atoms with E-state index in [9.17, 15) is 4.79 Å². The molecule has 8 nitrogen and oxygen atoms in total. The Kier molecular flexibility index (Phi) is 7.01. The van der Waals surface area contributed by atoms with Crippen LogP contribution in [0, 0.1) is 0 Å². The molecule has 0 aliphatic heterocycles. The Labute approximate surface area is 225 Å². The number of carbonyl (C=O) groups is 1. The van der Waals surface area contributed by atoms with Crippen molar-refractivity contribution >= 4 is 62.7 Å². The van der Waals surface area contributed by atoms with Gasteiger partial charge < -0.3 is 9.73 Å². The molecule has 1 amide bonds. The van der Waals surface area contributed by atoms with Crippen LogP contribution in [0.3, 0.4) is 0 Å². The molecule has 0 atom stereocenters. The summed E-state index contributed by atoms with van der Waals surface area (Å²) in [6.45, 7) is 2.46. The van der Waals surface area contributed by atoms with Crippen molar-refractivity contribution in [3.05, 3.63) is 81.8 Å². The third-order valence-corrected chi connectivity index (χ3v) is 7.02. The van der Waals surface area contributed by atoms with Crippen molar-refractivity contribution in [1.82, 2.24) is 30.4 Å². The van der Waals surface area contributed by atoms with Gasteiger partial charge in [-0.05, 0) is 48.1 Å². The number of aromatic nitrogens is 4. The molecule has 0 saturated carbocycles. The zero-order valence-electron chi connectivity index (χ0n) is 18.8. The quantitative estimate of drug-likeness (QED) is 0.255. The van der Waals surface area contributed by atoms with Crippen LogP contribution in [-0.4, -0.2) is 30.8 Å². The molecule has 3 heterocycles. The van der Waals surface area contributed by atoms with Crippen molar-refractivity contribution in [3.63, 3.8) is 0 Å². The maximum absolute atomic E-state index is 12.5. The van der Waals surface area contributed by atoms with Crippen LogP contribution in [-0.2, 0) is 13.0 Å². The molecular weight excluding hydrogens is 539 g/mol. The number of carbonyl (C=O) groups excluding carboxylic acids is 1. The van der Waals surface area contributed by atoms with Crippen LogP contribution >= 0.6 is 46.8 Å². The Bertz CT molecular complexity index is 1580. The van der Waals surface area contributed by atoms with E-state index in [1.807, 2.05) is 31.2 Å². The molecule has 0 saturated heterocycles. The van der Waals surface area contributed by atoms with Gasteiger partial charge in [0.05, 0.1) is 5.02 Å². The van der Waals surface area contributed by atoms with Crippen LogP contribution < -0.4 is 10.6 Å². The number of benzene rings is 2. The average Bonchev–Trinajstić information content (AvgIpc) is 3.59. The van der Waals surface area contributed by atoms with E-state index in [4.69, 9.17) is 39.8 Å². The fourth-order valence-corrected chi connectivity index (χ4v) is 4.98. The molecule has 182 valence electrons. The fourth-order valence-electron chi connectivity index (χ4n) is 3.44. The van der Waals surface area contributed by atoms with Gasteiger partial charge in [0.2, 0.25) is 4.96 Å². The Morgan fingerprint density at radius 1 is 1.11 bits per heavy atom. The molecule has 0 radical (unpaired) electrons. The number of amides is 1. The second kappa shape index (κ2) is 10.4. The Hall–Kier alpha value is -3.31. The lowest BCUT2D eigenvalue weighted by Gasteiger charge is -2.09. The minimum absolute atomic E-state index is 0.112. The molecule has 12 heteroatoms. The Morgan fingerprint density at radius 3 is 2.67 bits per heavy atom. The average molecular weight is 557 g/mol. The molecule has 36 heavy (non-hydrogen) atoms. The fraction of sp³-hybridized carbons (Fsp3) is 0.125. The Balaban J connectivity index is 1.17. The summed E-state index contributed by atoms with van der Waals surface area (Å²) >= 11 is 18.9. The molecule has 3 aromatic heterocycles. The summed E-state index contributed by atoms with van der Waals surface area (Å²) in [4.78, 5) is 13.3. The van der Waals surface area contributed by atoms with Crippen LogP contribution in [0.1, 0.15) is 28.9 Å². The van der Waals surface area contributed by atoms with Gasteiger partial charge in [-0.15, -0.1) is 10.2 Å². The molecule has 0 fully saturated rings. The van der Waals surface area contributed by atoms with Crippen molar-refractivity contribution < 1.29 is 9.21 Å². The number of fused-ring (bicyclic) bond motifs is 1. The second-order valence-electron chi connectivity index (χ2n) is 7.69. The molecule has 0 bridgehead atoms. The first-order valence-electron chi connectivity index (χ1n) is 10.9. The minimum Gasteiger partial charge on any atom is -0.451 e. The van der Waals surface area contributed by atoms with Gasteiger partial charge in [-0.3, -0.25) is 10.1 Å². The predicted molar refractivity (Wildman–Crippen MR) is 145 cm³/mol. The van der Waals surface area contributed by atoms with E-state index in [0.717, 1.165) is 33.3 Å². The second-order valence-corrected chi connectivity index (χ2v) is 9.90. The molecule has 0 aliphatic carbocycles. The third-order valence-electron chi connectivity index (χ3n) is 5.28. The largest absolute Gasteiger partial charge is 0.451 e. The zero-order chi connectivity index (χ0) is 25.2. The van der Waals surface area contributed by atoms with Crippen LogP contribution in [0.4, 0.5) is 0 Å². The molecule has 2 N–H and O–H groups in total. The SMILES string of the molecule is CCc1nnc2sc(-c3ccc(CNC(=S)NC(=O)c4ccc(-c5ccc(Cl)cc5Cl)o4)cc3)nn12. The van der Waals surface area contributed by atoms with Gasteiger partial charge in [0.15, 0.2) is 16.7 Å². The van der Waals surface area contributed by atoms with E-state index in [0.29, 0.717) is 27.9 Å². The van der Waals surface area contributed by atoms with E-state index in [1.165, 1.54) is 11.3 Å². The number of nitrogens with zero attached hydrogens (tertiary/aromatic N) is 4. The molecule has 0 spiro atoms. The maximum Gasteiger partial charge on any atom is 0.293 e. The number of rotatable bonds is 6. The van der Waals surface area contributed by atoms with E-state index >= 15 is 0 Å². The van der Waals surface area contributed by atoms with Gasteiger partial charge >= 0.3 is 0 Å². The first kappa shape index (κ1) is 24.4. The number of thiocarbonyl (C=S) groups is 1. The number of furan rings is 1. The summed E-state index contributed by atoms with van der Waals surface area (Å²) in [7, 11) is 0. The molecule has 0 aliphatic rings. The van der Waals surface area contributed by atoms with Crippen molar-refractivity contribution in [1.29, 1.82) is 0 Å². The van der Waals surface area contributed by atoms with Gasteiger partial charge in [-0.1, -0.05) is 65.7 Å². The predicted octanol–water partition coefficient (Wildman–Crippen LogP) is 5.79. The van der Waals surface area contributed by atoms with Crippen molar-refractivity contribution in [2.45, 2.75) is 19.9 Å². The highest BCUT2D eigenvalue weighted by molar-refractivity contribution is 7.80. The van der Waals surface area contributed by atoms with Gasteiger partial charge in [0, 0.05) is 29.1 Å². The third kappa shape index (κ3) is 5.12. The highest BCUT2D eigenvalue weighted by Gasteiger charge is 2.16. The van der Waals surface area contributed by atoms with E-state index in [1.54, 1.807) is 34.8 Å². The minimum atomic E-state index is -0.464. The van der Waals surface area contributed by atoms with Gasteiger partial charge in [0.1, 0.15) is 10.8 Å². The lowest BCUT2D eigenvalue weighted by atomic mass is 10.1. The summed E-state index contributed by atoms with van der Waals surface area (Å²) in [6.07, 6.45) is 0.767. The van der Waals surface area contributed by atoms with Crippen LogP contribution in [0.2, 0.25) is 10.0 Å². The molecule has 0 unspecified atom stereocenters. The first-order valence-corrected chi connectivity index (χ1v) is 12.8. The normalized spacial score (nSPS) is 11.1. The van der Waals surface area contributed by atoms with Gasteiger partial charge in [-0.2, -0.15) is 9.61 Å². The Morgan fingerprint density at radius 2 is 1.92 bits per heavy atom. The maximum atomic E-state index is 12.5. The van der Waals surface area contributed by atoms with Gasteiger partial charge in [-0.25, -0.2) is 0 Å².